The van der Waals surface area contributed by atoms with Gasteiger partial charge in [0.25, 0.3) is 0 Å². The fourth-order valence-corrected chi connectivity index (χ4v) is 2.72. The molecular weight excluding hydrogens is 228 g/mol. The highest BCUT2D eigenvalue weighted by molar-refractivity contribution is 5.33. The lowest BCUT2D eigenvalue weighted by Gasteiger charge is -2.12. The third kappa shape index (κ3) is 6.27. The van der Waals surface area contributed by atoms with Gasteiger partial charge in [-0.15, -0.1) is 0 Å². The van der Waals surface area contributed by atoms with Crippen molar-refractivity contribution in [1.29, 1.82) is 0 Å². The summed E-state index contributed by atoms with van der Waals surface area (Å²) in [6.07, 6.45) is 13.3. The summed E-state index contributed by atoms with van der Waals surface area (Å²) in [7, 11) is 0. The Bertz CT molecular complexity index is 338. The topological polar surface area (TPSA) is 0 Å². The molecule has 0 aliphatic rings. The molecule has 0 amide bonds. The van der Waals surface area contributed by atoms with Gasteiger partial charge in [0.2, 0.25) is 0 Å². The molecular formula is C19H31. The standard InChI is InChI=1S/C19H31/c1-4-6-8-9-11-14-18-15-12-13-17(3)19(18)16-10-7-5-2/h12-13H,4-11,14,16H2,1-3H3. The zero-order chi connectivity index (χ0) is 13.9. The Morgan fingerprint density at radius 3 is 2.21 bits per heavy atom. The van der Waals surface area contributed by atoms with Gasteiger partial charge < -0.3 is 0 Å². The van der Waals surface area contributed by atoms with Gasteiger partial charge in [0.1, 0.15) is 0 Å². The Morgan fingerprint density at radius 1 is 0.842 bits per heavy atom. The first kappa shape index (κ1) is 16.3. The summed E-state index contributed by atoms with van der Waals surface area (Å²) < 4.78 is 0. The quantitative estimate of drug-likeness (QED) is 0.449. The Balaban J connectivity index is 2.48. The van der Waals surface area contributed by atoms with Crippen molar-refractivity contribution in [2.24, 2.45) is 0 Å². The molecule has 0 saturated carbocycles. The molecule has 0 aliphatic heterocycles. The van der Waals surface area contributed by atoms with Gasteiger partial charge in [0, 0.05) is 0 Å². The van der Waals surface area contributed by atoms with Gasteiger partial charge in [-0.05, 0) is 55.4 Å². The molecule has 0 heteroatoms. The molecule has 1 aromatic carbocycles. The third-order valence-electron chi connectivity index (χ3n) is 3.99. The van der Waals surface area contributed by atoms with E-state index in [1.807, 2.05) is 0 Å². The van der Waals surface area contributed by atoms with Crippen LogP contribution in [-0.4, -0.2) is 0 Å². The van der Waals surface area contributed by atoms with Crippen molar-refractivity contribution < 1.29 is 0 Å². The van der Waals surface area contributed by atoms with Crippen LogP contribution in [-0.2, 0) is 12.8 Å². The van der Waals surface area contributed by atoms with Crippen LogP contribution in [0.15, 0.2) is 12.1 Å². The number of aryl methyl sites for hydroxylation is 2. The van der Waals surface area contributed by atoms with Crippen molar-refractivity contribution in [3.05, 3.63) is 34.9 Å². The molecule has 0 saturated heterocycles. The van der Waals surface area contributed by atoms with Crippen LogP contribution in [0, 0.1) is 13.0 Å². The molecule has 0 heterocycles. The van der Waals surface area contributed by atoms with Crippen LogP contribution in [0.1, 0.15) is 81.9 Å². The molecule has 0 aromatic heterocycles. The summed E-state index contributed by atoms with van der Waals surface area (Å²) in [5.74, 6) is 0. The highest BCUT2D eigenvalue weighted by Gasteiger charge is 2.05. The molecule has 107 valence electrons. The SMILES string of the molecule is CCCCCCCc1[c]ccc(C)c1CCCCC. The highest BCUT2D eigenvalue weighted by atomic mass is 14.1. The van der Waals surface area contributed by atoms with E-state index in [4.69, 9.17) is 0 Å². The Labute approximate surface area is 120 Å². The summed E-state index contributed by atoms with van der Waals surface area (Å²) in [5.41, 5.74) is 4.55. The molecule has 0 N–H and O–H groups in total. The Hall–Kier alpha value is -0.780. The van der Waals surface area contributed by atoms with E-state index >= 15 is 0 Å². The highest BCUT2D eigenvalue weighted by Crippen LogP contribution is 2.19. The van der Waals surface area contributed by atoms with Gasteiger partial charge in [0.05, 0.1) is 0 Å². The van der Waals surface area contributed by atoms with Crippen LogP contribution < -0.4 is 0 Å². The van der Waals surface area contributed by atoms with E-state index in [9.17, 15) is 0 Å². The number of hydrogen-bond acceptors (Lipinski definition) is 0. The molecule has 19 heavy (non-hydrogen) atoms. The van der Waals surface area contributed by atoms with Gasteiger partial charge in [-0.2, -0.15) is 0 Å². The fourth-order valence-electron chi connectivity index (χ4n) is 2.72. The van der Waals surface area contributed by atoms with Crippen LogP contribution in [0.3, 0.4) is 0 Å². The van der Waals surface area contributed by atoms with Crippen molar-refractivity contribution in [1.82, 2.24) is 0 Å². The van der Waals surface area contributed by atoms with E-state index in [-0.39, 0.29) is 0 Å². The smallest absolute Gasteiger partial charge is 0.0146 e. The molecule has 0 unspecified atom stereocenters. The fraction of sp³-hybridized carbons (Fsp3) is 0.684. The summed E-state index contributed by atoms with van der Waals surface area (Å²) in [5, 5.41) is 0. The molecule has 0 nitrogen and oxygen atoms in total. The van der Waals surface area contributed by atoms with Gasteiger partial charge in [-0.3, -0.25) is 0 Å². The first-order valence-electron chi connectivity index (χ1n) is 8.28. The molecule has 0 fully saturated rings. The van der Waals surface area contributed by atoms with Crippen LogP contribution in [0.25, 0.3) is 0 Å². The average Bonchev–Trinajstić information content (AvgIpc) is 2.41. The molecule has 0 aliphatic carbocycles. The number of unbranched alkanes of at least 4 members (excludes halogenated alkanes) is 6. The number of benzene rings is 1. The second-order valence-corrected chi connectivity index (χ2v) is 5.74. The molecule has 0 atom stereocenters. The zero-order valence-corrected chi connectivity index (χ0v) is 13.2. The minimum atomic E-state index is 1.23. The van der Waals surface area contributed by atoms with Crippen molar-refractivity contribution in [2.45, 2.75) is 85.0 Å². The predicted octanol–water partition coefficient (Wildman–Crippen LogP) is 6.04. The van der Waals surface area contributed by atoms with Crippen LogP contribution in [0.5, 0.6) is 0 Å². The Kier molecular flexibility index (Phi) is 8.62. The van der Waals surface area contributed by atoms with E-state index < -0.39 is 0 Å². The summed E-state index contributed by atoms with van der Waals surface area (Å²) in [6, 6.07) is 7.83. The van der Waals surface area contributed by atoms with E-state index in [2.05, 4.69) is 39.0 Å². The minimum absolute atomic E-state index is 1.23. The predicted molar refractivity (Wildman–Crippen MR) is 85.7 cm³/mol. The lowest BCUT2D eigenvalue weighted by atomic mass is 9.93. The zero-order valence-electron chi connectivity index (χ0n) is 13.2. The lowest BCUT2D eigenvalue weighted by molar-refractivity contribution is 0.628. The van der Waals surface area contributed by atoms with E-state index in [0.29, 0.717) is 0 Å². The van der Waals surface area contributed by atoms with Gasteiger partial charge in [0.15, 0.2) is 0 Å². The van der Waals surface area contributed by atoms with E-state index in [1.165, 1.54) is 75.3 Å². The third-order valence-corrected chi connectivity index (χ3v) is 3.99. The van der Waals surface area contributed by atoms with Crippen LogP contribution in [0.4, 0.5) is 0 Å². The maximum absolute atomic E-state index is 3.50. The van der Waals surface area contributed by atoms with Crippen molar-refractivity contribution in [3.63, 3.8) is 0 Å². The molecule has 1 radical (unpaired) electrons. The molecule has 0 spiro atoms. The second kappa shape index (κ2) is 10.1. The van der Waals surface area contributed by atoms with Gasteiger partial charge in [-0.25, -0.2) is 0 Å². The van der Waals surface area contributed by atoms with Crippen molar-refractivity contribution in [3.8, 4) is 0 Å². The lowest BCUT2D eigenvalue weighted by Crippen LogP contribution is -1.99. The summed E-state index contributed by atoms with van der Waals surface area (Å²) in [4.78, 5) is 0. The molecule has 1 aromatic rings. The van der Waals surface area contributed by atoms with Gasteiger partial charge >= 0.3 is 0 Å². The molecule has 0 bridgehead atoms. The van der Waals surface area contributed by atoms with Crippen LogP contribution >= 0.6 is 0 Å². The largest absolute Gasteiger partial charge is 0.0654 e. The second-order valence-electron chi connectivity index (χ2n) is 5.74. The van der Waals surface area contributed by atoms with E-state index in [0.717, 1.165) is 0 Å². The minimum Gasteiger partial charge on any atom is -0.0654 e. The van der Waals surface area contributed by atoms with Crippen molar-refractivity contribution >= 4 is 0 Å². The summed E-state index contributed by atoms with van der Waals surface area (Å²) >= 11 is 0. The normalized spacial score (nSPS) is 10.9. The molecule has 1 rings (SSSR count). The maximum Gasteiger partial charge on any atom is -0.0146 e. The van der Waals surface area contributed by atoms with Crippen LogP contribution in [0.2, 0.25) is 0 Å². The maximum atomic E-state index is 3.50. The number of rotatable bonds is 10. The van der Waals surface area contributed by atoms with Crippen molar-refractivity contribution in [2.75, 3.05) is 0 Å². The first-order valence-corrected chi connectivity index (χ1v) is 8.28. The van der Waals surface area contributed by atoms with E-state index in [1.54, 1.807) is 5.56 Å². The number of hydrogen-bond donors (Lipinski definition) is 0. The first-order chi connectivity index (χ1) is 9.29. The average molecular weight is 259 g/mol. The van der Waals surface area contributed by atoms with Gasteiger partial charge in [-0.1, -0.05) is 64.5 Å². The summed E-state index contributed by atoms with van der Waals surface area (Å²) in [6.45, 7) is 6.81. The monoisotopic (exact) mass is 259 g/mol. The Morgan fingerprint density at radius 2 is 1.47 bits per heavy atom.